The van der Waals surface area contributed by atoms with Gasteiger partial charge in [0.2, 0.25) is 5.91 Å². The van der Waals surface area contributed by atoms with E-state index in [9.17, 15) is 19.5 Å². The standard InChI is InChI=1S/C20H19ClN2O5/c1-10-4-5-12(20(26)27)7-14(10)22-15-9-18(24)23(19(15)25)16-6-11(2)13(21)8-17(16)28-3/h4-8,15,22H,9H2,1-3H3,(H,26,27)/t15-/m1/s1. The molecular weight excluding hydrogens is 384 g/mol. The molecule has 146 valence electrons. The number of rotatable bonds is 5. The Hall–Kier alpha value is -3.06. The molecule has 0 spiro atoms. The number of nitrogens with one attached hydrogen (secondary N) is 1. The number of nitrogens with zero attached hydrogens (tertiary/aromatic N) is 1. The molecule has 0 radical (unpaired) electrons. The van der Waals surface area contributed by atoms with Crippen LogP contribution in [0, 0.1) is 13.8 Å². The van der Waals surface area contributed by atoms with E-state index in [0.717, 1.165) is 10.5 Å². The number of carbonyl (C=O) groups is 3. The smallest absolute Gasteiger partial charge is 0.335 e. The molecule has 0 bridgehead atoms. The fourth-order valence-electron chi connectivity index (χ4n) is 3.08. The summed E-state index contributed by atoms with van der Waals surface area (Å²) in [5.74, 6) is -1.57. The molecule has 7 nitrogen and oxygen atoms in total. The molecule has 2 N–H and O–H groups in total. The van der Waals surface area contributed by atoms with Crippen molar-refractivity contribution in [3.05, 3.63) is 52.0 Å². The highest BCUT2D eigenvalue weighted by Crippen LogP contribution is 2.37. The van der Waals surface area contributed by atoms with Crippen LogP contribution in [0.4, 0.5) is 11.4 Å². The van der Waals surface area contributed by atoms with Gasteiger partial charge in [0, 0.05) is 16.8 Å². The highest BCUT2D eigenvalue weighted by atomic mass is 35.5. The highest BCUT2D eigenvalue weighted by Gasteiger charge is 2.41. The van der Waals surface area contributed by atoms with E-state index in [0.29, 0.717) is 27.7 Å². The number of hydrogen-bond donors (Lipinski definition) is 2. The van der Waals surface area contributed by atoms with E-state index >= 15 is 0 Å². The summed E-state index contributed by atoms with van der Waals surface area (Å²) < 4.78 is 5.29. The van der Waals surface area contributed by atoms with Crippen molar-refractivity contribution in [2.24, 2.45) is 0 Å². The zero-order valence-corrected chi connectivity index (χ0v) is 16.3. The van der Waals surface area contributed by atoms with E-state index < -0.39 is 17.9 Å². The number of ether oxygens (including phenoxy) is 1. The fraction of sp³-hybridized carbons (Fsp3) is 0.250. The van der Waals surface area contributed by atoms with Crippen molar-refractivity contribution in [3.63, 3.8) is 0 Å². The Labute approximate surface area is 166 Å². The summed E-state index contributed by atoms with van der Waals surface area (Å²) in [6.45, 7) is 3.56. The van der Waals surface area contributed by atoms with Gasteiger partial charge in [-0.1, -0.05) is 17.7 Å². The van der Waals surface area contributed by atoms with E-state index in [1.807, 2.05) is 0 Å². The summed E-state index contributed by atoms with van der Waals surface area (Å²) in [7, 11) is 1.44. The lowest BCUT2D eigenvalue weighted by molar-refractivity contribution is -0.121. The van der Waals surface area contributed by atoms with E-state index in [1.54, 1.807) is 32.0 Å². The summed E-state index contributed by atoms with van der Waals surface area (Å²) >= 11 is 6.11. The van der Waals surface area contributed by atoms with Crippen LogP contribution in [0.3, 0.4) is 0 Å². The first-order valence-corrected chi connectivity index (χ1v) is 8.92. The average Bonchev–Trinajstić information content (AvgIpc) is 2.92. The van der Waals surface area contributed by atoms with Crippen molar-refractivity contribution >= 4 is 40.8 Å². The van der Waals surface area contributed by atoms with Gasteiger partial charge in [0.25, 0.3) is 5.91 Å². The molecule has 0 saturated carbocycles. The maximum absolute atomic E-state index is 13.0. The lowest BCUT2D eigenvalue weighted by atomic mass is 10.1. The number of hydrogen-bond acceptors (Lipinski definition) is 5. The molecule has 1 aliphatic rings. The van der Waals surface area contributed by atoms with Gasteiger partial charge in [-0.3, -0.25) is 9.59 Å². The number of aromatic carboxylic acids is 1. The molecule has 1 aliphatic heterocycles. The number of imide groups is 1. The number of benzene rings is 2. The zero-order valence-electron chi connectivity index (χ0n) is 15.6. The van der Waals surface area contributed by atoms with Gasteiger partial charge >= 0.3 is 5.97 Å². The summed E-state index contributed by atoms with van der Waals surface area (Å²) in [5, 5.41) is 12.6. The van der Waals surface area contributed by atoms with Crippen LogP contribution in [0.2, 0.25) is 5.02 Å². The number of anilines is 2. The molecule has 2 aromatic carbocycles. The summed E-state index contributed by atoms with van der Waals surface area (Å²) in [6.07, 6.45) is -0.0552. The van der Waals surface area contributed by atoms with E-state index in [1.165, 1.54) is 19.2 Å². The molecule has 8 heteroatoms. The maximum atomic E-state index is 13.0. The Kier molecular flexibility index (Phi) is 5.29. The number of carboxylic acids is 1. The summed E-state index contributed by atoms with van der Waals surface area (Å²) in [6, 6.07) is 6.97. The Morgan fingerprint density at radius 3 is 2.57 bits per heavy atom. The van der Waals surface area contributed by atoms with Gasteiger partial charge in [0.15, 0.2) is 0 Å². The first-order chi connectivity index (χ1) is 13.2. The molecule has 2 aromatic rings. The van der Waals surface area contributed by atoms with Gasteiger partial charge in [-0.05, 0) is 43.2 Å². The topological polar surface area (TPSA) is 95.9 Å². The monoisotopic (exact) mass is 402 g/mol. The molecule has 1 saturated heterocycles. The third-order valence-corrected chi connectivity index (χ3v) is 5.07. The number of methoxy groups -OCH3 is 1. The molecular formula is C20H19ClN2O5. The number of carboxylic acid groups (broad SMARTS) is 1. The van der Waals surface area contributed by atoms with Crippen molar-refractivity contribution < 1.29 is 24.2 Å². The van der Waals surface area contributed by atoms with Crippen LogP contribution in [0.5, 0.6) is 5.75 Å². The first-order valence-electron chi connectivity index (χ1n) is 8.54. The van der Waals surface area contributed by atoms with Crippen LogP contribution in [-0.4, -0.2) is 36.0 Å². The van der Waals surface area contributed by atoms with Crippen LogP contribution in [0.15, 0.2) is 30.3 Å². The number of aryl methyl sites for hydroxylation is 2. The van der Waals surface area contributed by atoms with Crippen molar-refractivity contribution in [3.8, 4) is 5.75 Å². The number of halogens is 1. The Morgan fingerprint density at radius 2 is 1.93 bits per heavy atom. The molecule has 28 heavy (non-hydrogen) atoms. The van der Waals surface area contributed by atoms with Gasteiger partial charge in [-0.15, -0.1) is 0 Å². The molecule has 0 aromatic heterocycles. The highest BCUT2D eigenvalue weighted by molar-refractivity contribution is 6.32. The lowest BCUT2D eigenvalue weighted by Crippen LogP contribution is -2.35. The predicted octanol–water partition coefficient (Wildman–Crippen LogP) is 3.41. The lowest BCUT2D eigenvalue weighted by Gasteiger charge is -2.20. The van der Waals surface area contributed by atoms with Gasteiger partial charge in [-0.25, -0.2) is 9.69 Å². The minimum atomic E-state index is -1.07. The van der Waals surface area contributed by atoms with E-state index in [2.05, 4.69) is 5.32 Å². The second-order valence-corrected chi connectivity index (χ2v) is 6.98. The van der Waals surface area contributed by atoms with Crippen LogP contribution in [0.1, 0.15) is 27.9 Å². The number of carbonyl (C=O) groups excluding carboxylic acids is 2. The van der Waals surface area contributed by atoms with Gasteiger partial charge < -0.3 is 15.2 Å². The van der Waals surface area contributed by atoms with Gasteiger partial charge in [0.1, 0.15) is 11.8 Å². The van der Waals surface area contributed by atoms with Crippen LogP contribution in [-0.2, 0) is 9.59 Å². The minimum absolute atomic E-state index is 0.0552. The van der Waals surface area contributed by atoms with E-state index in [-0.39, 0.29) is 17.9 Å². The van der Waals surface area contributed by atoms with Crippen LogP contribution >= 0.6 is 11.6 Å². The average molecular weight is 403 g/mol. The zero-order chi connectivity index (χ0) is 20.6. The molecule has 0 unspecified atom stereocenters. The van der Waals surface area contributed by atoms with E-state index in [4.69, 9.17) is 16.3 Å². The fourth-order valence-corrected chi connectivity index (χ4v) is 3.24. The third-order valence-electron chi connectivity index (χ3n) is 4.66. The number of amides is 2. The molecule has 0 aliphatic carbocycles. The quantitative estimate of drug-likeness (QED) is 0.744. The molecule has 2 amide bonds. The van der Waals surface area contributed by atoms with Crippen LogP contribution in [0.25, 0.3) is 0 Å². The van der Waals surface area contributed by atoms with Crippen LogP contribution < -0.4 is 15.0 Å². The van der Waals surface area contributed by atoms with Crippen molar-refractivity contribution in [1.82, 2.24) is 0 Å². The Balaban J connectivity index is 1.92. The Bertz CT molecular complexity index is 989. The molecule has 3 rings (SSSR count). The molecule has 1 atom stereocenters. The second-order valence-electron chi connectivity index (χ2n) is 6.58. The normalized spacial score (nSPS) is 16.4. The summed E-state index contributed by atoms with van der Waals surface area (Å²) in [4.78, 5) is 37.8. The second kappa shape index (κ2) is 7.52. The van der Waals surface area contributed by atoms with Crippen molar-refractivity contribution in [1.29, 1.82) is 0 Å². The first kappa shape index (κ1) is 19.7. The predicted molar refractivity (Wildman–Crippen MR) is 105 cm³/mol. The summed E-state index contributed by atoms with van der Waals surface area (Å²) in [5.41, 5.74) is 2.40. The molecule has 1 fully saturated rings. The third kappa shape index (κ3) is 3.53. The van der Waals surface area contributed by atoms with Crippen molar-refractivity contribution in [2.75, 3.05) is 17.3 Å². The van der Waals surface area contributed by atoms with Gasteiger partial charge in [0.05, 0.1) is 24.8 Å². The van der Waals surface area contributed by atoms with Crippen molar-refractivity contribution in [2.45, 2.75) is 26.3 Å². The Morgan fingerprint density at radius 1 is 1.21 bits per heavy atom. The molecule has 1 heterocycles. The largest absolute Gasteiger partial charge is 0.495 e. The van der Waals surface area contributed by atoms with Gasteiger partial charge in [-0.2, -0.15) is 0 Å². The minimum Gasteiger partial charge on any atom is -0.495 e. The SMILES string of the molecule is COc1cc(Cl)c(C)cc1N1C(=O)C[C@@H](Nc2cc(C(=O)O)ccc2C)C1=O. The maximum Gasteiger partial charge on any atom is 0.335 e.